The Bertz CT molecular complexity index is 1010. The van der Waals surface area contributed by atoms with Crippen molar-refractivity contribution in [3.05, 3.63) is 77.4 Å². The molecule has 0 atom stereocenters. The molecule has 0 unspecified atom stereocenters. The third-order valence-corrected chi connectivity index (χ3v) is 4.19. The maximum Gasteiger partial charge on any atom is 0.274 e. The van der Waals surface area contributed by atoms with Crippen molar-refractivity contribution in [3.8, 4) is 0 Å². The minimum absolute atomic E-state index is 0.122. The van der Waals surface area contributed by atoms with Crippen LogP contribution in [0.3, 0.4) is 0 Å². The summed E-state index contributed by atoms with van der Waals surface area (Å²) in [5, 5.41) is 5.76. The van der Waals surface area contributed by atoms with Crippen LogP contribution in [0.5, 0.6) is 0 Å². The van der Waals surface area contributed by atoms with Gasteiger partial charge in [0.2, 0.25) is 5.95 Å². The topological polar surface area (TPSA) is 66.9 Å². The number of carbonyl (C=O) groups is 1. The van der Waals surface area contributed by atoms with Gasteiger partial charge >= 0.3 is 0 Å². The molecule has 0 spiro atoms. The normalized spacial score (nSPS) is 11.2. The van der Waals surface area contributed by atoms with Crippen molar-refractivity contribution >= 4 is 23.2 Å². The van der Waals surface area contributed by atoms with Crippen molar-refractivity contribution < 1.29 is 9.18 Å². The van der Waals surface area contributed by atoms with Crippen LogP contribution >= 0.6 is 0 Å². The molecule has 144 valence electrons. The summed E-state index contributed by atoms with van der Waals surface area (Å²) < 4.78 is 13.9. The van der Waals surface area contributed by atoms with E-state index in [4.69, 9.17) is 0 Å². The quantitative estimate of drug-likeness (QED) is 0.653. The van der Waals surface area contributed by atoms with E-state index in [0.717, 1.165) is 11.3 Å². The van der Waals surface area contributed by atoms with Crippen LogP contribution in [0.4, 0.5) is 21.7 Å². The summed E-state index contributed by atoms with van der Waals surface area (Å²) in [6.45, 7) is 8.02. The highest BCUT2D eigenvalue weighted by atomic mass is 19.1. The lowest BCUT2D eigenvalue weighted by atomic mass is 9.86. The van der Waals surface area contributed by atoms with Crippen LogP contribution in [0.25, 0.3) is 0 Å². The van der Waals surface area contributed by atoms with Crippen molar-refractivity contribution in [1.82, 2.24) is 9.97 Å². The van der Waals surface area contributed by atoms with E-state index in [1.807, 2.05) is 24.3 Å². The average molecular weight is 378 g/mol. The Kier molecular flexibility index (Phi) is 5.40. The number of amides is 1. The van der Waals surface area contributed by atoms with Gasteiger partial charge in [-0.25, -0.2) is 14.4 Å². The Morgan fingerprint density at radius 1 is 0.964 bits per heavy atom. The van der Waals surface area contributed by atoms with E-state index in [1.165, 1.54) is 6.07 Å². The molecule has 2 N–H and O–H groups in total. The van der Waals surface area contributed by atoms with Crippen molar-refractivity contribution in [3.63, 3.8) is 0 Å². The zero-order chi connectivity index (χ0) is 20.3. The maximum atomic E-state index is 13.9. The molecule has 0 aliphatic heterocycles. The van der Waals surface area contributed by atoms with E-state index in [-0.39, 0.29) is 28.7 Å². The van der Waals surface area contributed by atoms with E-state index in [9.17, 15) is 9.18 Å². The first-order chi connectivity index (χ1) is 13.2. The number of nitrogens with zero attached hydrogens (tertiary/aromatic N) is 2. The van der Waals surface area contributed by atoms with Gasteiger partial charge in [0.15, 0.2) is 0 Å². The zero-order valence-corrected chi connectivity index (χ0v) is 16.4. The van der Waals surface area contributed by atoms with Crippen LogP contribution in [-0.2, 0) is 5.41 Å². The van der Waals surface area contributed by atoms with Gasteiger partial charge in [-0.2, -0.15) is 0 Å². The molecule has 2 aromatic carbocycles. The molecule has 3 rings (SSSR count). The molecule has 0 bridgehead atoms. The van der Waals surface area contributed by atoms with Crippen molar-refractivity contribution in [2.75, 3.05) is 10.6 Å². The van der Waals surface area contributed by atoms with Crippen LogP contribution in [0.1, 0.15) is 42.5 Å². The Morgan fingerprint density at radius 2 is 1.61 bits per heavy atom. The first-order valence-corrected chi connectivity index (χ1v) is 9.02. The average Bonchev–Trinajstić information content (AvgIpc) is 2.63. The van der Waals surface area contributed by atoms with Gasteiger partial charge in [-0.05, 0) is 42.2 Å². The fourth-order valence-electron chi connectivity index (χ4n) is 2.86. The molecular formula is C22H23FN4O. The minimum Gasteiger partial charge on any atom is -0.322 e. The van der Waals surface area contributed by atoms with E-state index >= 15 is 0 Å². The smallest absolute Gasteiger partial charge is 0.274 e. The Morgan fingerprint density at radius 3 is 2.29 bits per heavy atom. The first-order valence-electron chi connectivity index (χ1n) is 9.02. The molecule has 0 saturated heterocycles. The van der Waals surface area contributed by atoms with Gasteiger partial charge in [-0.1, -0.05) is 51.1 Å². The zero-order valence-electron chi connectivity index (χ0n) is 16.4. The number of rotatable bonds is 4. The number of hydrogen-bond donors (Lipinski definition) is 2. The van der Waals surface area contributed by atoms with Crippen LogP contribution in [0.2, 0.25) is 0 Å². The second-order valence-electron chi connectivity index (χ2n) is 7.57. The number of aromatic nitrogens is 2. The molecule has 5 nitrogen and oxygen atoms in total. The molecular weight excluding hydrogens is 355 g/mol. The number of anilines is 3. The SMILES string of the molecule is Cc1cc(C(=O)Nc2ccccc2C(C)(C)C)nc(Nc2ccccc2F)n1. The van der Waals surface area contributed by atoms with E-state index < -0.39 is 5.82 Å². The largest absolute Gasteiger partial charge is 0.322 e. The highest BCUT2D eigenvalue weighted by Crippen LogP contribution is 2.29. The Labute approximate surface area is 164 Å². The van der Waals surface area contributed by atoms with Crippen LogP contribution in [0.15, 0.2) is 54.6 Å². The standard InChI is InChI=1S/C22H23FN4O/c1-14-13-19(27-21(24-14)26-18-12-8-6-10-16(18)23)20(28)25-17-11-7-5-9-15(17)22(2,3)4/h5-13H,1-4H3,(H,25,28)(H,24,26,27). The van der Waals surface area contributed by atoms with Gasteiger partial charge in [0.1, 0.15) is 11.5 Å². The van der Waals surface area contributed by atoms with Gasteiger partial charge in [0, 0.05) is 11.4 Å². The first kappa shape index (κ1) is 19.5. The summed E-state index contributed by atoms with van der Waals surface area (Å²) in [5.74, 6) is -0.601. The number of carbonyl (C=O) groups excluding carboxylic acids is 1. The number of benzene rings is 2. The molecule has 0 radical (unpaired) electrons. The molecule has 1 heterocycles. The monoisotopic (exact) mass is 378 g/mol. The lowest BCUT2D eigenvalue weighted by molar-refractivity contribution is 0.102. The highest BCUT2D eigenvalue weighted by molar-refractivity contribution is 6.03. The van der Waals surface area contributed by atoms with Gasteiger partial charge in [0.05, 0.1) is 5.69 Å². The van der Waals surface area contributed by atoms with Crippen molar-refractivity contribution in [2.45, 2.75) is 33.1 Å². The van der Waals surface area contributed by atoms with Crippen LogP contribution in [-0.4, -0.2) is 15.9 Å². The predicted octanol–water partition coefficient (Wildman–Crippen LogP) is 5.22. The summed E-state index contributed by atoms with van der Waals surface area (Å²) in [7, 11) is 0. The second kappa shape index (κ2) is 7.76. The summed E-state index contributed by atoms with van der Waals surface area (Å²) >= 11 is 0. The molecule has 6 heteroatoms. The molecule has 28 heavy (non-hydrogen) atoms. The predicted molar refractivity (Wildman–Crippen MR) is 110 cm³/mol. The fourth-order valence-corrected chi connectivity index (χ4v) is 2.86. The van der Waals surface area contributed by atoms with Gasteiger partial charge in [-0.3, -0.25) is 4.79 Å². The molecule has 1 aromatic heterocycles. The maximum absolute atomic E-state index is 13.9. The molecule has 3 aromatic rings. The third kappa shape index (κ3) is 4.52. The molecule has 0 aliphatic rings. The summed E-state index contributed by atoms with van der Waals surface area (Å²) in [6, 6.07) is 15.5. The Balaban J connectivity index is 1.87. The van der Waals surface area contributed by atoms with Crippen LogP contribution < -0.4 is 10.6 Å². The lowest BCUT2D eigenvalue weighted by Gasteiger charge is -2.23. The molecule has 1 amide bonds. The van der Waals surface area contributed by atoms with Crippen LogP contribution in [0, 0.1) is 12.7 Å². The Hall–Kier alpha value is -3.28. The summed E-state index contributed by atoms with van der Waals surface area (Å²) in [4.78, 5) is 21.3. The summed E-state index contributed by atoms with van der Waals surface area (Å²) in [6.07, 6.45) is 0. The fraction of sp³-hybridized carbons (Fsp3) is 0.227. The van der Waals surface area contributed by atoms with E-state index in [1.54, 1.807) is 31.2 Å². The minimum atomic E-state index is -0.419. The van der Waals surface area contributed by atoms with Crippen molar-refractivity contribution in [2.24, 2.45) is 0 Å². The van der Waals surface area contributed by atoms with Gasteiger partial charge in [0.25, 0.3) is 5.91 Å². The number of para-hydroxylation sites is 2. The highest BCUT2D eigenvalue weighted by Gasteiger charge is 2.20. The summed E-state index contributed by atoms with van der Waals surface area (Å²) in [5.41, 5.74) is 2.69. The molecule has 0 aliphatic carbocycles. The third-order valence-electron chi connectivity index (χ3n) is 4.19. The number of hydrogen-bond acceptors (Lipinski definition) is 4. The second-order valence-corrected chi connectivity index (χ2v) is 7.57. The van der Waals surface area contributed by atoms with Crippen molar-refractivity contribution in [1.29, 1.82) is 0 Å². The number of aryl methyl sites for hydroxylation is 1. The molecule has 0 saturated carbocycles. The van der Waals surface area contributed by atoms with Gasteiger partial charge < -0.3 is 10.6 Å². The molecule has 0 fully saturated rings. The van der Waals surface area contributed by atoms with Gasteiger partial charge in [-0.15, -0.1) is 0 Å². The van der Waals surface area contributed by atoms with E-state index in [2.05, 4.69) is 41.4 Å². The van der Waals surface area contributed by atoms with E-state index in [0.29, 0.717) is 5.69 Å². The number of halogens is 1. The number of nitrogens with one attached hydrogen (secondary N) is 2. The lowest BCUT2D eigenvalue weighted by Crippen LogP contribution is -2.20.